The highest BCUT2D eigenvalue weighted by atomic mass is 16.7. The number of carbonyl (C=O) groups is 1. The summed E-state index contributed by atoms with van der Waals surface area (Å²) in [5.74, 6) is 0.688. The number of carboxylic acids is 1. The molecule has 0 fully saturated rings. The Kier molecular flexibility index (Phi) is 3.82. The quantitative estimate of drug-likeness (QED) is 0.765. The van der Waals surface area contributed by atoms with E-state index in [1.54, 1.807) is 0 Å². The molecule has 5 nitrogen and oxygen atoms in total. The number of hydrogen-bond acceptors (Lipinski definition) is 4. The van der Waals surface area contributed by atoms with Crippen LogP contribution in [0.2, 0.25) is 0 Å². The summed E-state index contributed by atoms with van der Waals surface area (Å²) in [5.41, 5.74) is 0.990. The zero-order chi connectivity index (χ0) is 12.1. The Morgan fingerprint density at radius 1 is 1.35 bits per heavy atom. The fourth-order valence-electron chi connectivity index (χ4n) is 1.55. The number of fused-ring (bicyclic) bond motifs is 1. The molecule has 17 heavy (non-hydrogen) atoms. The second-order valence-electron chi connectivity index (χ2n) is 3.74. The minimum absolute atomic E-state index is 0.140. The minimum atomic E-state index is -0.795. The van der Waals surface area contributed by atoms with E-state index in [1.807, 2.05) is 18.2 Å². The van der Waals surface area contributed by atoms with Gasteiger partial charge in [0, 0.05) is 13.0 Å². The topological polar surface area (TPSA) is 65.0 Å². The lowest BCUT2D eigenvalue weighted by Crippen LogP contribution is -2.00. The van der Waals surface area contributed by atoms with Gasteiger partial charge in [0.2, 0.25) is 6.79 Å². The molecule has 5 heteroatoms. The van der Waals surface area contributed by atoms with Crippen molar-refractivity contribution in [3.05, 3.63) is 23.8 Å². The fraction of sp³-hybridized carbons (Fsp3) is 0.417. The van der Waals surface area contributed by atoms with E-state index < -0.39 is 5.97 Å². The van der Waals surface area contributed by atoms with Crippen LogP contribution in [0.15, 0.2) is 18.2 Å². The molecule has 1 N–H and O–H groups in total. The van der Waals surface area contributed by atoms with Crippen LogP contribution in [0.5, 0.6) is 11.5 Å². The third kappa shape index (κ3) is 3.35. The molecule has 0 saturated carbocycles. The molecule has 0 bridgehead atoms. The van der Waals surface area contributed by atoms with Gasteiger partial charge in [-0.05, 0) is 24.1 Å². The van der Waals surface area contributed by atoms with Gasteiger partial charge in [-0.1, -0.05) is 6.07 Å². The normalized spacial score (nSPS) is 12.7. The van der Waals surface area contributed by atoms with Crippen LogP contribution in [-0.4, -0.2) is 24.5 Å². The standard InChI is InChI=1S/C12H14O5/c13-12(14)2-1-5-15-7-9-3-4-10-11(6-9)17-8-16-10/h3-4,6H,1-2,5,7-8H2,(H,13,14). The second-order valence-corrected chi connectivity index (χ2v) is 3.74. The molecule has 0 amide bonds. The van der Waals surface area contributed by atoms with Gasteiger partial charge in [0.25, 0.3) is 0 Å². The van der Waals surface area contributed by atoms with Gasteiger partial charge in [-0.2, -0.15) is 0 Å². The average molecular weight is 238 g/mol. The first kappa shape index (κ1) is 11.7. The molecule has 0 aliphatic carbocycles. The third-order valence-electron chi connectivity index (χ3n) is 2.39. The van der Waals surface area contributed by atoms with Gasteiger partial charge in [-0.15, -0.1) is 0 Å². The number of rotatable bonds is 6. The van der Waals surface area contributed by atoms with Gasteiger partial charge in [0.05, 0.1) is 6.61 Å². The van der Waals surface area contributed by atoms with E-state index in [0.717, 1.165) is 17.1 Å². The zero-order valence-corrected chi connectivity index (χ0v) is 9.35. The number of benzene rings is 1. The second kappa shape index (κ2) is 5.54. The molecule has 0 radical (unpaired) electrons. The van der Waals surface area contributed by atoms with Crippen LogP contribution in [0.3, 0.4) is 0 Å². The van der Waals surface area contributed by atoms with Crippen molar-refractivity contribution in [1.29, 1.82) is 0 Å². The zero-order valence-electron chi connectivity index (χ0n) is 9.35. The van der Waals surface area contributed by atoms with Crippen molar-refractivity contribution >= 4 is 5.97 Å². The van der Waals surface area contributed by atoms with Crippen LogP contribution in [0.25, 0.3) is 0 Å². The van der Waals surface area contributed by atoms with Gasteiger partial charge >= 0.3 is 5.97 Å². The summed E-state index contributed by atoms with van der Waals surface area (Å²) >= 11 is 0. The molecule has 0 saturated heterocycles. The maximum Gasteiger partial charge on any atom is 0.303 e. The lowest BCUT2D eigenvalue weighted by molar-refractivity contribution is -0.137. The minimum Gasteiger partial charge on any atom is -0.481 e. The molecule has 92 valence electrons. The summed E-state index contributed by atoms with van der Waals surface area (Å²) in [4.78, 5) is 10.3. The van der Waals surface area contributed by atoms with E-state index >= 15 is 0 Å². The van der Waals surface area contributed by atoms with Crippen LogP contribution >= 0.6 is 0 Å². The summed E-state index contributed by atoms with van der Waals surface area (Å²) in [6, 6.07) is 5.63. The molecule has 1 aromatic rings. The maximum atomic E-state index is 10.3. The monoisotopic (exact) mass is 238 g/mol. The molecular formula is C12H14O5. The van der Waals surface area contributed by atoms with Crippen LogP contribution < -0.4 is 9.47 Å². The van der Waals surface area contributed by atoms with Crippen molar-refractivity contribution in [1.82, 2.24) is 0 Å². The number of carboxylic acid groups (broad SMARTS) is 1. The van der Waals surface area contributed by atoms with Crippen molar-refractivity contribution in [2.75, 3.05) is 13.4 Å². The summed E-state index contributed by atoms with van der Waals surface area (Å²) < 4.78 is 15.8. The van der Waals surface area contributed by atoms with Crippen molar-refractivity contribution in [2.24, 2.45) is 0 Å². The molecule has 0 atom stereocenters. The summed E-state index contributed by atoms with van der Waals surface area (Å²) in [6.07, 6.45) is 0.668. The van der Waals surface area contributed by atoms with Crippen molar-refractivity contribution in [2.45, 2.75) is 19.4 Å². The highest BCUT2D eigenvalue weighted by Gasteiger charge is 2.12. The van der Waals surface area contributed by atoms with Crippen LogP contribution in [0, 0.1) is 0 Å². The van der Waals surface area contributed by atoms with Crippen LogP contribution in [-0.2, 0) is 16.1 Å². The van der Waals surface area contributed by atoms with Crippen molar-refractivity contribution in [3.63, 3.8) is 0 Å². The van der Waals surface area contributed by atoms with Gasteiger partial charge in [-0.3, -0.25) is 4.79 Å². The van der Waals surface area contributed by atoms with Gasteiger partial charge in [0.1, 0.15) is 0 Å². The van der Waals surface area contributed by atoms with E-state index in [1.165, 1.54) is 0 Å². The fourth-order valence-corrected chi connectivity index (χ4v) is 1.55. The Labute approximate surface area is 98.9 Å². The molecule has 2 rings (SSSR count). The Morgan fingerprint density at radius 3 is 3.00 bits per heavy atom. The van der Waals surface area contributed by atoms with E-state index in [2.05, 4.69) is 0 Å². The number of ether oxygens (including phenoxy) is 3. The molecular weight excluding hydrogens is 224 g/mol. The van der Waals surface area contributed by atoms with Crippen molar-refractivity contribution < 1.29 is 24.1 Å². The molecule has 0 unspecified atom stereocenters. The Morgan fingerprint density at radius 2 is 2.18 bits per heavy atom. The summed E-state index contributed by atoms with van der Waals surface area (Å²) in [5, 5.41) is 8.45. The smallest absolute Gasteiger partial charge is 0.303 e. The first-order chi connectivity index (χ1) is 8.25. The van der Waals surface area contributed by atoms with Gasteiger partial charge in [0.15, 0.2) is 11.5 Å². The Balaban J connectivity index is 1.74. The van der Waals surface area contributed by atoms with Crippen molar-refractivity contribution in [3.8, 4) is 11.5 Å². The molecule has 1 heterocycles. The summed E-state index contributed by atoms with van der Waals surface area (Å²) in [6.45, 7) is 1.16. The van der Waals surface area contributed by atoms with Crippen LogP contribution in [0.4, 0.5) is 0 Å². The first-order valence-electron chi connectivity index (χ1n) is 5.44. The Bertz CT molecular complexity index is 402. The lowest BCUT2D eigenvalue weighted by Gasteiger charge is -2.04. The van der Waals surface area contributed by atoms with E-state index in [4.69, 9.17) is 19.3 Å². The van der Waals surface area contributed by atoms with E-state index in [0.29, 0.717) is 19.6 Å². The predicted octanol–water partition coefficient (Wildman–Crippen LogP) is 1.80. The van der Waals surface area contributed by atoms with E-state index in [9.17, 15) is 4.79 Å². The summed E-state index contributed by atoms with van der Waals surface area (Å²) in [7, 11) is 0. The Hall–Kier alpha value is -1.75. The highest BCUT2D eigenvalue weighted by molar-refractivity contribution is 5.66. The molecule has 0 spiro atoms. The lowest BCUT2D eigenvalue weighted by atomic mass is 10.2. The van der Waals surface area contributed by atoms with E-state index in [-0.39, 0.29) is 13.2 Å². The maximum absolute atomic E-state index is 10.3. The molecule has 1 aliphatic rings. The van der Waals surface area contributed by atoms with Crippen LogP contribution in [0.1, 0.15) is 18.4 Å². The van der Waals surface area contributed by atoms with Gasteiger partial charge in [-0.25, -0.2) is 0 Å². The highest BCUT2D eigenvalue weighted by Crippen LogP contribution is 2.32. The predicted molar refractivity (Wildman–Crippen MR) is 59.1 cm³/mol. The SMILES string of the molecule is O=C(O)CCCOCc1ccc2c(c1)OCO2. The molecule has 1 aliphatic heterocycles. The number of aliphatic carboxylic acids is 1. The molecule has 0 aromatic heterocycles. The average Bonchev–Trinajstić information content (AvgIpc) is 2.75. The molecule has 1 aromatic carbocycles. The first-order valence-corrected chi connectivity index (χ1v) is 5.44. The third-order valence-corrected chi connectivity index (χ3v) is 2.39. The largest absolute Gasteiger partial charge is 0.481 e. The van der Waals surface area contributed by atoms with Gasteiger partial charge < -0.3 is 19.3 Å². The number of hydrogen-bond donors (Lipinski definition) is 1.